The fourth-order valence-corrected chi connectivity index (χ4v) is 3.82. The SMILES string of the molecule is CC(=O)Nc1c[nH]c2ccc(CCC3(c4ccc(C(F)(F)F)cc4)COC3)cc12. The van der Waals surface area contributed by atoms with Crippen LogP contribution in [0.25, 0.3) is 10.9 Å². The summed E-state index contributed by atoms with van der Waals surface area (Å²) in [6.07, 6.45) is -1.05. The zero-order valence-corrected chi connectivity index (χ0v) is 15.9. The lowest BCUT2D eigenvalue weighted by molar-refractivity contribution is -0.137. The van der Waals surface area contributed by atoms with E-state index in [0.29, 0.717) is 13.2 Å². The molecule has 1 fully saturated rings. The molecule has 0 radical (unpaired) electrons. The number of amides is 1. The van der Waals surface area contributed by atoms with E-state index in [2.05, 4.69) is 10.3 Å². The summed E-state index contributed by atoms with van der Waals surface area (Å²) in [5, 5.41) is 3.75. The van der Waals surface area contributed by atoms with Gasteiger partial charge in [0.15, 0.2) is 0 Å². The van der Waals surface area contributed by atoms with Gasteiger partial charge >= 0.3 is 6.18 Å². The van der Waals surface area contributed by atoms with Crippen molar-refractivity contribution < 1.29 is 22.7 Å². The molecule has 1 saturated heterocycles. The Morgan fingerprint density at radius 3 is 2.48 bits per heavy atom. The van der Waals surface area contributed by atoms with Gasteiger partial charge in [0.1, 0.15) is 0 Å². The fourth-order valence-electron chi connectivity index (χ4n) is 3.82. The summed E-state index contributed by atoms with van der Waals surface area (Å²) in [6.45, 7) is 2.47. The minimum Gasteiger partial charge on any atom is -0.379 e. The monoisotopic (exact) mass is 402 g/mol. The van der Waals surface area contributed by atoms with Crippen molar-refractivity contribution in [3.63, 3.8) is 0 Å². The molecule has 0 spiro atoms. The molecule has 7 heteroatoms. The normalized spacial score (nSPS) is 15.9. The van der Waals surface area contributed by atoms with Crippen LogP contribution in [0.4, 0.5) is 18.9 Å². The van der Waals surface area contributed by atoms with E-state index in [-0.39, 0.29) is 11.3 Å². The van der Waals surface area contributed by atoms with Crippen molar-refractivity contribution in [1.82, 2.24) is 4.98 Å². The third-order valence-electron chi connectivity index (χ3n) is 5.53. The summed E-state index contributed by atoms with van der Waals surface area (Å²) < 4.78 is 43.9. The third-order valence-corrected chi connectivity index (χ3v) is 5.53. The molecule has 0 atom stereocenters. The van der Waals surface area contributed by atoms with E-state index in [1.807, 2.05) is 18.2 Å². The Kier molecular flexibility index (Phi) is 4.86. The first-order valence-electron chi connectivity index (χ1n) is 9.40. The highest BCUT2D eigenvalue weighted by molar-refractivity contribution is 6.01. The minimum atomic E-state index is -4.33. The van der Waals surface area contributed by atoms with Crippen LogP contribution in [0.2, 0.25) is 0 Å². The predicted molar refractivity (Wildman–Crippen MR) is 105 cm³/mol. The number of rotatable bonds is 5. The van der Waals surface area contributed by atoms with Gasteiger partial charge in [-0.05, 0) is 48.2 Å². The van der Waals surface area contributed by atoms with Crippen molar-refractivity contribution in [2.45, 2.75) is 31.4 Å². The van der Waals surface area contributed by atoms with Crippen LogP contribution in [0, 0.1) is 0 Å². The number of H-pyrrole nitrogens is 1. The Morgan fingerprint density at radius 1 is 1.17 bits per heavy atom. The van der Waals surface area contributed by atoms with E-state index < -0.39 is 11.7 Å². The van der Waals surface area contributed by atoms with Gasteiger partial charge in [-0.15, -0.1) is 0 Å². The van der Waals surface area contributed by atoms with Crippen molar-refractivity contribution in [1.29, 1.82) is 0 Å². The minimum absolute atomic E-state index is 0.135. The van der Waals surface area contributed by atoms with Gasteiger partial charge < -0.3 is 15.0 Å². The van der Waals surface area contributed by atoms with Gasteiger partial charge in [0, 0.05) is 29.4 Å². The predicted octanol–water partition coefficient (Wildman–Crippen LogP) is 5.05. The maximum Gasteiger partial charge on any atom is 0.416 e. The number of aromatic amines is 1. The Morgan fingerprint density at radius 2 is 1.90 bits per heavy atom. The summed E-state index contributed by atoms with van der Waals surface area (Å²) in [5.74, 6) is -0.135. The van der Waals surface area contributed by atoms with Crippen LogP contribution in [0.5, 0.6) is 0 Å². The van der Waals surface area contributed by atoms with Gasteiger partial charge in [0.2, 0.25) is 5.91 Å². The van der Waals surface area contributed by atoms with Crippen molar-refractivity contribution in [2.75, 3.05) is 18.5 Å². The number of carbonyl (C=O) groups is 1. The van der Waals surface area contributed by atoms with Gasteiger partial charge in [-0.3, -0.25) is 4.79 Å². The van der Waals surface area contributed by atoms with Crippen molar-refractivity contribution in [3.8, 4) is 0 Å². The number of nitrogens with one attached hydrogen (secondary N) is 2. The first kappa shape index (κ1) is 19.5. The highest BCUT2D eigenvalue weighted by Gasteiger charge is 2.40. The van der Waals surface area contributed by atoms with Crippen LogP contribution < -0.4 is 5.32 Å². The molecule has 0 unspecified atom stereocenters. The maximum atomic E-state index is 12.8. The number of aryl methyl sites for hydroxylation is 1. The number of hydrogen-bond acceptors (Lipinski definition) is 2. The molecule has 3 aromatic rings. The molecule has 0 aliphatic carbocycles. The summed E-state index contributed by atoms with van der Waals surface area (Å²) in [6, 6.07) is 11.4. The number of anilines is 1. The highest BCUT2D eigenvalue weighted by Crippen LogP contribution is 2.39. The summed E-state index contributed by atoms with van der Waals surface area (Å²) in [7, 11) is 0. The van der Waals surface area contributed by atoms with Crippen LogP contribution >= 0.6 is 0 Å². The topological polar surface area (TPSA) is 54.1 Å². The molecule has 0 bridgehead atoms. The Bertz CT molecular complexity index is 1030. The second-order valence-electron chi connectivity index (χ2n) is 7.61. The summed E-state index contributed by atoms with van der Waals surface area (Å²) >= 11 is 0. The first-order chi connectivity index (χ1) is 13.8. The van der Waals surface area contributed by atoms with Gasteiger partial charge in [-0.1, -0.05) is 18.2 Å². The Balaban J connectivity index is 1.53. The molecule has 1 aromatic heterocycles. The van der Waals surface area contributed by atoms with E-state index in [1.54, 1.807) is 18.3 Å². The highest BCUT2D eigenvalue weighted by atomic mass is 19.4. The molecular weight excluding hydrogens is 381 g/mol. The van der Waals surface area contributed by atoms with Crippen molar-refractivity contribution >= 4 is 22.5 Å². The standard InChI is InChI=1S/C22H21F3N2O2/c1-14(28)27-20-11-26-19-7-2-15(10-18(19)20)8-9-21(12-29-13-21)16-3-5-17(6-4-16)22(23,24)25/h2-7,10-11,26H,8-9,12-13H2,1H3,(H,27,28). The fraction of sp³-hybridized carbons (Fsp3) is 0.318. The van der Waals surface area contributed by atoms with E-state index in [9.17, 15) is 18.0 Å². The third kappa shape index (κ3) is 3.87. The molecule has 29 heavy (non-hydrogen) atoms. The quantitative estimate of drug-likeness (QED) is 0.628. The lowest BCUT2D eigenvalue weighted by atomic mass is 9.74. The zero-order chi connectivity index (χ0) is 20.6. The first-order valence-corrected chi connectivity index (χ1v) is 9.40. The average molecular weight is 402 g/mol. The molecule has 152 valence electrons. The van der Waals surface area contributed by atoms with Gasteiger partial charge in [0.25, 0.3) is 0 Å². The molecule has 2 heterocycles. The number of ether oxygens (including phenoxy) is 1. The van der Waals surface area contributed by atoms with E-state index in [4.69, 9.17) is 4.74 Å². The Hall–Kier alpha value is -2.80. The van der Waals surface area contributed by atoms with Crippen LogP contribution in [0.1, 0.15) is 30.0 Å². The maximum absolute atomic E-state index is 12.8. The van der Waals surface area contributed by atoms with Gasteiger partial charge in [-0.2, -0.15) is 13.2 Å². The second-order valence-corrected chi connectivity index (χ2v) is 7.61. The number of fused-ring (bicyclic) bond motifs is 1. The Labute approximate surface area is 166 Å². The number of aromatic nitrogens is 1. The number of alkyl halides is 3. The number of benzene rings is 2. The lowest BCUT2D eigenvalue weighted by Gasteiger charge is -2.42. The molecular formula is C22H21F3N2O2. The van der Waals surface area contributed by atoms with Crippen LogP contribution in [0.15, 0.2) is 48.7 Å². The molecule has 2 N–H and O–H groups in total. The van der Waals surface area contributed by atoms with E-state index >= 15 is 0 Å². The number of hydrogen-bond donors (Lipinski definition) is 2. The summed E-state index contributed by atoms with van der Waals surface area (Å²) in [5.41, 5.74) is 2.73. The zero-order valence-electron chi connectivity index (χ0n) is 15.9. The van der Waals surface area contributed by atoms with Crippen LogP contribution in [-0.2, 0) is 27.5 Å². The van der Waals surface area contributed by atoms with Gasteiger partial charge in [0.05, 0.1) is 24.5 Å². The number of carbonyl (C=O) groups excluding carboxylic acids is 1. The molecule has 1 aliphatic rings. The lowest BCUT2D eigenvalue weighted by Crippen LogP contribution is -2.47. The smallest absolute Gasteiger partial charge is 0.379 e. The molecule has 4 rings (SSSR count). The van der Waals surface area contributed by atoms with Crippen molar-refractivity contribution in [3.05, 3.63) is 65.4 Å². The summed E-state index contributed by atoms with van der Waals surface area (Å²) in [4.78, 5) is 14.5. The van der Waals surface area contributed by atoms with Gasteiger partial charge in [-0.25, -0.2) is 0 Å². The van der Waals surface area contributed by atoms with Crippen molar-refractivity contribution in [2.24, 2.45) is 0 Å². The second kappa shape index (κ2) is 7.22. The van der Waals surface area contributed by atoms with Crippen LogP contribution in [-0.4, -0.2) is 24.1 Å². The largest absolute Gasteiger partial charge is 0.416 e. The molecule has 1 aliphatic heterocycles. The molecule has 4 nitrogen and oxygen atoms in total. The number of halogens is 3. The molecule has 0 saturated carbocycles. The molecule has 2 aromatic carbocycles. The van der Waals surface area contributed by atoms with E-state index in [1.165, 1.54) is 6.92 Å². The van der Waals surface area contributed by atoms with Crippen LogP contribution in [0.3, 0.4) is 0 Å². The molecule has 1 amide bonds. The average Bonchev–Trinajstić information content (AvgIpc) is 3.02. The van der Waals surface area contributed by atoms with E-state index in [0.717, 1.165) is 52.7 Å².